The Labute approximate surface area is 174 Å². The standard InChI is InChI=1S/C21H24ClN3O4/c1-21(2,28)19(12-4-6-14(22)7-5-12)25-17(27)9-15-8-13-10-23-20(29-3)18(13)16(11-26)24-15/h4-8,19,26,28H,9-11H2,1-3H3,(H,25,27)/t19-/m1/s1. The number of hydrogen-bond donors (Lipinski definition) is 3. The highest BCUT2D eigenvalue weighted by atomic mass is 35.5. The Bertz CT molecular complexity index is 936. The van der Waals surface area contributed by atoms with E-state index in [1.807, 2.05) is 0 Å². The second kappa shape index (κ2) is 8.49. The van der Waals surface area contributed by atoms with Gasteiger partial charge in [0.25, 0.3) is 0 Å². The Morgan fingerprint density at radius 1 is 1.34 bits per heavy atom. The molecular formula is C21H24ClN3O4. The normalized spacial score (nSPS) is 14.2. The molecule has 7 nitrogen and oxygen atoms in total. The maximum Gasteiger partial charge on any atom is 0.226 e. The first kappa shape index (κ1) is 21.2. The molecule has 1 aromatic carbocycles. The molecule has 0 bridgehead atoms. The molecule has 154 valence electrons. The van der Waals surface area contributed by atoms with Gasteiger partial charge in [0.1, 0.15) is 0 Å². The molecule has 0 saturated carbocycles. The van der Waals surface area contributed by atoms with Crippen LogP contribution in [-0.2, 0) is 29.1 Å². The first-order valence-electron chi connectivity index (χ1n) is 9.21. The molecule has 3 N–H and O–H groups in total. The number of aliphatic hydroxyl groups excluding tert-OH is 1. The van der Waals surface area contributed by atoms with Crippen molar-refractivity contribution in [2.24, 2.45) is 4.99 Å². The van der Waals surface area contributed by atoms with Crippen LogP contribution in [0.4, 0.5) is 0 Å². The number of ether oxygens (including phenoxy) is 1. The number of carbonyl (C=O) groups is 1. The number of aliphatic imine (C=N–C) groups is 1. The number of hydrogen-bond acceptors (Lipinski definition) is 6. The lowest BCUT2D eigenvalue weighted by molar-refractivity contribution is -0.123. The smallest absolute Gasteiger partial charge is 0.226 e. The number of aliphatic hydroxyl groups is 2. The Morgan fingerprint density at radius 2 is 2.03 bits per heavy atom. The third-order valence-corrected chi connectivity index (χ3v) is 4.99. The van der Waals surface area contributed by atoms with E-state index in [-0.39, 0.29) is 18.9 Å². The summed E-state index contributed by atoms with van der Waals surface area (Å²) in [4.78, 5) is 21.4. The van der Waals surface area contributed by atoms with E-state index in [9.17, 15) is 15.0 Å². The molecule has 0 aliphatic carbocycles. The third kappa shape index (κ3) is 4.75. The van der Waals surface area contributed by atoms with Gasteiger partial charge >= 0.3 is 0 Å². The molecule has 0 spiro atoms. The zero-order chi connectivity index (χ0) is 21.2. The van der Waals surface area contributed by atoms with Gasteiger partial charge in [-0.2, -0.15) is 0 Å². The fourth-order valence-corrected chi connectivity index (χ4v) is 3.54. The predicted molar refractivity (Wildman–Crippen MR) is 110 cm³/mol. The maximum atomic E-state index is 12.7. The lowest BCUT2D eigenvalue weighted by Gasteiger charge is -2.30. The zero-order valence-electron chi connectivity index (χ0n) is 16.6. The van der Waals surface area contributed by atoms with Crippen LogP contribution >= 0.6 is 11.6 Å². The van der Waals surface area contributed by atoms with Gasteiger partial charge in [0, 0.05) is 5.02 Å². The average Bonchev–Trinajstić information content (AvgIpc) is 3.08. The summed E-state index contributed by atoms with van der Waals surface area (Å²) >= 11 is 5.94. The van der Waals surface area contributed by atoms with Crippen LogP contribution in [0.25, 0.3) is 0 Å². The van der Waals surface area contributed by atoms with Gasteiger partial charge in [-0.25, -0.2) is 4.99 Å². The van der Waals surface area contributed by atoms with Gasteiger partial charge in [0.05, 0.1) is 55.3 Å². The highest BCUT2D eigenvalue weighted by molar-refractivity contribution is 6.30. The molecule has 0 unspecified atom stereocenters. The average molecular weight is 418 g/mol. The van der Waals surface area contributed by atoms with Crippen LogP contribution < -0.4 is 5.32 Å². The van der Waals surface area contributed by atoms with Crippen LogP contribution in [-0.4, -0.2) is 39.7 Å². The summed E-state index contributed by atoms with van der Waals surface area (Å²) in [6, 6.07) is 8.14. The number of benzene rings is 1. The molecule has 0 radical (unpaired) electrons. The van der Waals surface area contributed by atoms with E-state index >= 15 is 0 Å². The van der Waals surface area contributed by atoms with Crippen LogP contribution in [0.3, 0.4) is 0 Å². The number of nitrogens with zero attached hydrogens (tertiary/aromatic N) is 2. The van der Waals surface area contributed by atoms with Crippen molar-refractivity contribution in [3.63, 3.8) is 0 Å². The number of pyridine rings is 1. The second-order valence-corrected chi connectivity index (χ2v) is 7.90. The largest absolute Gasteiger partial charge is 0.481 e. The number of fused-ring (bicyclic) bond motifs is 1. The van der Waals surface area contributed by atoms with Gasteiger partial charge in [-0.3, -0.25) is 9.78 Å². The van der Waals surface area contributed by atoms with E-state index in [0.29, 0.717) is 34.4 Å². The minimum absolute atomic E-state index is 0.00274. The van der Waals surface area contributed by atoms with E-state index in [1.54, 1.807) is 44.2 Å². The molecule has 1 aliphatic rings. The zero-order valence-corrected chi connectivity index (χ0v) is 17.3. The van der Waals surface area contributed by atoms with Crippen molar-refractivity contribution < 1.29 is 19.7 Å². The van der Waals surface area contributed by atoms with Crippen molar-refractivity contribution in [1.82, 2.24) is 10.3 Å². The van der Waals surface area contributed by atoms with Gasteiger partial charge in [0.2, 0.25) is 11.8 Å². The number of rotatable bonds is 6. The minimum atomic E-state index is -1.19. The first-order valence-corrected chi connectivity index (χ1v) is 9.59. The monoisotopic (exact) mass is 417 g/mol. The van der Waals surface area contributed by atoms with Gasteiger partial charge < -0.3 is 20.3 Å². The Hall–Kier alpha value is -2.48. The van der Waals surface area contributed by atoms with Crippen LogP contribution in [0.5, 0.6) is 0 Å². The number of halogens is 1. The molecule has 3 rings (SSSR count). The van der Waals surface area contributed by atoms with E-state index in [1.165, 1.54) is 7.11 Å². The van der Waals surface area contributed by atoms with Crippen molar-refractivity contribution in [1.29, 1.82) is 0 Å². The van der Waals surface area contributed by atoms with E-state index in [2.05, 4.69) is 15.3 Å². The number of methoxy groups -OCH3 is 1. The van der Waals surface area contributed by atoms with Crippen LogP contribution in [0.2, 0.25) is 5.02 Å². The van der Waals surface area contributed by atoms with Gasteiger partial charge in [0.15, 0.2) is 0 Å². The molecule has 8 heteroatoms. The van der Waals surface area contributed by atoms with Crippen LogP contribution in [0.15, 0.2) is 35.3 Å². The summed E-state index contributed by atoms with van der Waals surface area (Å²) in [6.07, 6.45) is 0.00274. The fourth-order valence-electron chi connectivity index (χ4n) is 3.41. The van der Waals surface area contributed by atoms with Crippen molar-refractivity contribution in [2.75, 3.05) is 7.11 Å². The van der Waals surface area contributed by atoms with Crippen LogP contribution in [0, 0.1) is 0 Å². The Kier molecular flexibility index (Phi) is 6.21. The summed E-state index contributed by atoms with van der Waals surface area (Å²) in [5.74, 6) is 0.145. The SMILES string of the molecule is COC1=NCc2cc(CC(=O)N[C@H](c3ccc(Cl)cc3)C(C)(C)O)nc(CO)c21. The lowest BCUT2D eigenvalue weighted by atomic mass is 9.91. The summed E-state index contributed by atoms with van der Waals surface area (Å²) in [5, 5.41) is 23.7. The highest BCUT2D eigenvalue weighted by Gasteiger charge is 2.30. The third-order valence-electron chi connectivity index (χ3n) is 4.74. The van der Waals surface area contributed by atoms with E-state index in [4.69, 9.17) is 16.3 Å². The van der Waals surface area contributed by atoms with Gasteiger partial charge in [-0.1, -0.05) is 23.7 Å². The van der Waals surface area contributed by atoms with Crippen molar-refractivity contribution >= 4 is 23.4 Å². The fraction of sp³-hybridized carbons (Fsp3) is 0.381. The molecule has 1 atom stereocenters. The Balaban J connectivity index is 1.80. The molecule has 2 heterocycles. The quantitative estimate of drug-likeness (QED) is 0.669. The molecule has 1 aliphatic heterocycles. The van der Waals surface area contributed by atoms with Crippen molar-refractivity contribution in [2.45, 2.75) is 45.1 Å². The maximum absolute atomic E-state index is 12.7. The molecule has 0 fully saturated rings. The first-order chi connectivity index (χ1) is 13.7. The lowest BCUT2D eigenvalue weighted by Crippen LogP contribution is -2.42. The molecule has 1 aromatic heterocycles. The predicted octanol–water partition coefficient (Wildman–Crippen LogP) is 2.30. The minimum Gasteiger partial charge on any atom is -0.481 e. The summed E-state index contributed by atoms with van der Waals surface area (Å²) in [7, 11) is 1.52. The number of amides is 1. The Morgan fingerprint density at radius 3 is 2.62 bits per heavy atom. The van der Waals surface area contributed by atoms with E-state index < -0.39 is 11.6 Å². The summed E-state index contributed by atoms with van der Waals surface area (Å²) in [6.45, 7) is 3.40. The van der Waals surface area contributed by atoms with Crippen LogP contribution in [0.1, 0.15) is 48.0 Å². The number of aromatic nitrogens is 1. The molecule has 2 aromatic rings. The van der Waals surface area contributed by atoms with Gasteiger partial charge in [-0.15, -0.1) is 0 Å². The summed E-state index contributed by atoms with van der Waals surface area (Å²) in [5.41, 5.74) is 2.05. The summed E-state index contributed by atoms with van der Waals surface area (Å²) < 4.78 is 5.23. The molecule has 0 saturated heterocycles. The van der Waals surface area contributed by atoms with Gasteiger partial charge in [-0.05, 0) is 43.2 Å². The molecular weight excluding hydrogens is 394 g/mol. The van der Waals surface area contributed by atoms with E-state index in [0.717, 1.165) is 11.1 Å². The second-order valence-electron chi connectivity index (χ2n) is 7.46. The highest BCUT2D eigenvalue weighted by Crippen LogP contribution is 2.27. The molecule has 1 amide bonds. The molecule has 29 heavy (non-hydrogen) atoms. The van der Waals surface area contributed by atoms with Crippen molar-refractivity contribution in [3.05, 3.63) is 63.4 Å². The number of carbonyl (C=O) groups excluding carboxylic acids is 1. The van der Waals surface area contributed by atoms with Crippen molar-refractivity contribution in [3.8, 4) is 0 Å². The number of nitrogens with one attached hydrogen (secondary N) is 1. The topological polar surface area (TPSA) is 104 Å².